The van der Waals surface area contributed by atoms with Gasteiger partial charge in [0, 0.05) is 27.9 Å². The maximum atomic E-state index is 11.2. The van der Waals surface area contributed by atoms with Gasteiger partial charge in [-0.15, -0.1) is 0 Å². The molecule has 5 heteroatoms. The van der Waals surface area contributed by atoms with Crippen LogP contribution in [0.25, 0.3) is 0 Å². The van der Waals surface area contributed by atoms with Crippen LogP contribution in [0.15, 0.2) is 48.5 Å². The molecule has 0 saturated heterocycles. The molecule has 2 nitrogen and oxygen atoms in total. The summed E-state index contributed by atoms with van der Waals surface area (Å²) < 4.78 is 47.7. The van der Waals surface area contributed by atoms with Gasteiger partial charge in [0.2, 0.25) is 0 Å². The van der Waals surface area contributed by atoms with Crippen molar-refractivity contribution in [3.8, 4) is 0 Å². The zero-order chi connectivity index (χ0) is 23.7. The van der Waals surface area contributed by atoms with Gasteiger partial charge in [0.15, 0.2) is 0 Å². The van der Waals surface area contributed by atoms with E-state index in [-0.39, 0.29) is 31.9 Å². The fourth-order valence-electron chi connectivity index (χ4n) is 2.82. The molecular formula is C21H28Cl3NO. The number of hydrogen-bond donors (Lipinski definition) is 1. The van der Waals surface area contributed by atoms with E-state index in [9.17, 15) is 5.11 Å². The molecule has 0 aliphatic rings. The topological polar surface area (TPSA) is 20.2 Å². The molecule has 0 heterocycles. The van der Waals surface area contributed by atoms with Gasteiger partial charge in [0.05, 0.1) is 34.3 Å². The highest BCUT2D eigenvalue weighted by Gasteiger charge is 2.33. The maximum Gasteiger partial charge on any atom is 0.104 e. The van der Waals surface area contributed by atoms with Crippen LogP contribution in [-0.2, 0) is 13.0 Å². The van der Waals surface area contributed by atoms with Gasteiger partial charge in [-0.05, 0) is 36.8 Å². The van der Waals surface area contributed by atoms with Crippen molar-refractivity contribution < 1.29 is 30.2 Å². The number of aliphatic hydroxyl groups is 1. The van der Waals surface area contributed by atoms with Gasteiger partial charge in [0.1, 0.15) is 6.54 Å². The third kappa shape index (κ3) is 7.09. The summed E-state index contributed by atoms with van der Waals surface area (Å²) in [5.74, 6) is -0.642. The fraction of sp³-hybridized carbons (Fsp3) is 0.429. The standard InChI is InChI=1S/C21H28Cl2NO.ClH/c1-16(21(2,25)13-17-5-9-19(22)10-6-17)14-24(3,4)15-18-7-11-20(23)12-8-18;/h5-12,16,25H,13-15H2,1-4H3;1H/q+1;/p-1/i3D3,4D3;. The van der Waals surface area contributed by atoms with Crippen LogP contribution in [-0.4, -0.2) is 35.7 Å². The number of benzene rings is 2. The van der Waals surface area contributed by atoms with Crippen molar-refractivity contribution in [2.24, 2.45) is 5.92 Å². The van der Waals surface area contributed by atoms with Crippen LogP contribution < -0.4 is 12.4 Å². The lowest BCUT2D eigenvalue weighted by molar-refractivity contribution is -0.907. The quantitative estimate of drug-likeness (QED) is 0.678. The molecule has 144 valence electrons. The first kappa shape index (κ1) is 15.2. The van der Waals surface area contributed by atoms with E-state index in [0.717, 1.165) is 5.56 Å². The maximum absolute atomic E-state index is 11.2. The first-order chi connectivity index (χ1) is 14.1. The Labute approximate surface area is 182 Å². The van der Waals surface area contributed by atoms with Gasteiger partial charge in [-0.1, -0.05) is 54.4 Å². The molecule has 0 spiro atoms. The van der Waals surface area contributed by atoms with Crippen molar-refractivity contribution >= 4 is 23.2 Å². The summed E-state index contributed by atoms with van der Waals surface area (Å²) in [5.41, 5.74) is 0.0226. The molecule has 0 fully saturated rings. The van der Waals surface area contributed by atoms with Crippen LogP contribution in [0.3, 0.4) is 0 Å². The van der Waals surface area contributed by atoms with Crippen LogP contribution in [0.5, 0.6) is 0 Å². The minimum atomic E-state index is -2.84. The number of nitrogens with zero attached hydrogens (tertiary/aromatic N) is 1. The molecule has 1 N–H and O–H groups in total. The molecule has 0 aromatic heterocycles. The molecule has 0 saturated carbocycles. The summed E-state index contributed by atoms with van der Waals surface area (Å²) in [7, 11) is 0. The Morgan fingerprint density at radius 2 is 1.46 bits per heavy atom. The molecule has 2 aromatic rings. The Morgan fingerprint density at radius 1 is 1.00 bits per heavy atom. The Bertz CT molecular complexity index is 853. The largest absolute Gasteiger partial charge is 1.00 e. The zero-order valence-corrected chi connectivity index (χ0v) is 17.1. The van der Waals surface area contributed by atoms with Gasteiger partial charge in [-0.2, -0.15) is 0 Å². The molecule has 0 aliphatic heterocycles. The van der Waals surface area contributed by atoms with Gasteiger partial charge in [-0.25, -0.2) is 0 Å². The number of rotatable bonds is 7. The summed E-state index contributed by atoms with van der Waals surface area (Å²) in [6, 6.07) is 13.5. The van der Waals surface area contributed by atoms with E-state index in [4.69, 9.17) is 31.4 Å². The molecule has 0 amide bonds. The van der Waals surface area contributed by atoms with Crippen LogP contribution >= 0.6 is 23.2 Å². The van der Waals surface area contributed by atoms with Crippen LogP contribution in [0.2, 0.25) is 10.0 Å². The van der Waals surface area contributed by atoms with Gasteiger partial charge in [0.25, 0.3) is 0 Å². The molecule has 2 atom stereocenters. The Kier molecular flexibility index (Phi) is 5.51. The third-order valence-corrected chi connectivity index (χ3v) is 4.99. The minimum absolute atomic E-state index is 0. The second-order valence-electron chi connectivity index (χ2n) is 7.00. The predicted molar refractivity (Wildman–Crippen MR) is 107 cm³/mol. The average molecular weight is 423 g/mol. The number of halogens is 3. The van der Waals surface area contributed by atoms with E-state index in [0.29, 0.717) is 15.6 Å². The second kappa shape index (κ2) is 9.43. The zero-order valence-electron chi connectivity index (χ0n) is 20.8. The second-order valence-corrected chi connectivity index (χ2v) is 7.87. The lowest BCUT2D eigenvalue weighted by Gasteiger charge is -2.38. The van der Waals surface area contributed by atoms with Crippen LogP contribution in [0.1, 0.15) is 33.2 Å². The molecule has 0 radical (unpaired) electrons. The molecule has 2 unspecified atom stereocenters. The summed E-state index contributed by atoms with van der Waals surface area (Å²) in [4.78, 5) is 0. The fourth-order valence-corrected chi connectivity index (χ4v) is 3.07. The predicted octanol–water partition coefficient (Wildman–Crippen LogP) is 2.20. The molecule has 0 aliphatic carbocycles. The van der Waals surface area contributed by atoms with Gasteiger partial charge in [-0.3, -0.25) is 0 Å². The van der Waals surface area contributed by atoms with Crippen molar-refractivity contribution in [1.82, 2.24) is 0 Å². The van der Waals surface area contributed by atoms with Crippen molar-refractivity contribution in [3.05, 3.63) is 69.7 Å². The first-order valence-electron chi connectivity index (χ1n) is 11.2. The van der Waals surface area contributed by atoms with E-state index in [1.54, 1.807) is 62.4 Å². The summed E-state index contributed by atoms with van der Waals surface area (Å²) >= 11 is 11.8. The van der Waals surface area contributed by atoms with Crippen molar-refractivity contribution in [2.45, 2.75) is 32.4 Å². The summed E-state index contributed by atoms with van der Waals surface area (Å²) in [6.45, 7) is -2.91. The highest BCUT2D eigenvalue weighted by atomic mass is 35.5. The van der Waals surface area contributed by atoms with E-state index in [2.05, 4.69) is 0 Å². The van der Waals surface area contributed by atoms with Gasteiger partial charge >= 0.3 is 0 Å². The Morgan fingerprint density at radius 3 is 1.92 bits per heavy atom. The SMILES string of the molecule is [2H]C([2H])([2H])[N+](Cc1ccc(Cl)cc1)(CC(C)C(C)(O)Cc1ccc(Cl)cc1)C([2H])([2H])[2H].[Cl-]. The molecule has 26 heavy (non-hydrogen) atoms. The summed E-state index contributed by atoms with van der Waals surface area (Å²) in [5, 5.41) is 12.2. The minimum Gasteiger partial charge on any atom is -1.00 e. The molecule has 2 rings (SSSR count). The van der Waals surface area contributed by atoms with Crippen molar-refractivity contribution in [2.75, 3.05) is 20.5 Å². The Hall–Kier alpha value is -0.770. The number of quaternary nitrogens is 1. The van der Waals surface area contributed by atoms with Crippen LogP contribution in [0.4, 0.5) is 0 Å². The lowest BCUT2D eigenvalue weighted by Crippen LogP contribution is -3.00. The van der Waals surface area contributed by atoms with Crippen LogP contribution in [0, 0.1) is 5.92 Å². The molecule has 2 aromatic carbocycles. The van der Waals surface area contributed by atoms with Gasteiger partial charge < -0.3 is 22.0 Å². The molecule has 0 bridgehead atoms. The van der Waals surface area contributed by atoms with E-state index in [1.165, 1.54) is 0 Å². The lowest BCUT2D eigenvalue weighted by atomic mass is 9.84. The van der Waals surface area contributed by atoms with E-state index in [1.807, 2.05) is 0 Å². The molecular weight excluding hydrogens is 389 g/mol. The van der Waals surface area contributed by atoms with E-state index < -0.39 is 30.0 Å². The monoisotopic (exact) mass is 421 g/mol. The van der Waals surface area contributed by atoms with E-state index >= 15 is 0 Å². The highest BCUT2D eigenvalue weighted by Crippen LogP contribution is 2.26. The normalized spacial score (nSPS) is 19.4. The van der Waals surface area contributed by atoms with Crippen molar-refractivity contribution in [1.29, 1.82) is 0 Å². The smallest absolute Gasteiger partial charge is 0.104 e. The average Bonchev–Trinajstić information content (AvgIpc) is 2.62. The highest BCUT2D eigenvalue weighted by molar-refractivity contribution is 6.30. The van der Waals surface area contributed by atoms with Crippen molar-refractivity contribution in [3.63, 3.8) is 0 Å². The first-order valence-corrected chi connectivity index (χ1v) is 8.91. The third-order valence-electron chi connectivity index (χ3n) is 4.49. The summed E-state index contributed by atoms with van der Waals surface area (Å²) in [6.07, 6.45) is 0.230. The Balaban J connectivity index is 0.00000512. The number of hydrogen-bond acceptors (Lipinski definition) is 1.